The van der Waals surface area contributed by atoms with Crippen LogP contribution in [0.4, 0.5) is 0 Å². The average molecular weight is 762 g/mol. The Balaban J connectivity index is 1.06. The minimum Gasteiger partial charge on any atom is -0.352 e. The fourth-order valence-corrected chi connectivity index (χ4v) is 6.94. The minimum absolute atomic E-state index is 0.0414. The topological polar surface area (TPSA) is 116 Å². The van der Waals surface area contributed by atoms with Crippen LogP contribution in [0.1, 0.15) is 75.1 Å². The van der Waals surface area contributed by atoms with E-state index in [1.807, 2.05) is 60.9 Å². The molecule has 0 radical (unpaired) electrons. The Morgan fingerprint density at radius 2 is 0.907 bits per heavy atom. The molecule has 6 rings (SSSR count). The number of imidazole rings is 2. The van der Waals surface area contributed by atoms with Crippen molar-refractivity contribution in [3.05, 3.63) is 142 Å². The third kappa shape index (κ3) is 9.67. The van der Waals surface area contributed by atoms with E-state index < -0.39 is 0 Å². The van der Waals surface area contributed by atoms with Gasteiger partial charge in [0.25, 0.3) is 0 Å². The molecule has 2 atom stereocenters. The number of halogens is 2. The van der Waals surface area contributed by atoms with Gasteiger partial charge in [0.1, 0.15) is 11.6 Å². The van der Waals surface area contributed by atoms with Gasteiger partial charge in [-0.1, -0.05) is 136 Å². The molecule has 0 aliphatic heterocycles. The number of benzene rings is 4. The monoisotopic (exact) mass is 760 g/mol. The van der Waals surface area contributed by atoms with Crippen LogP contribution in [-0.4, -0.2) is 31.8 Å². The molecule has 2 unspecified atom stereocenters. The molecule has 2 amide bonds. The van der Waals surface area contributed by atoms with Crippen LogP contribution in [0, 0.1) is 11.8 Å². The van der Waals surface area contributed by atoms with E-state index in [0.717, 1.165) is 56.4 Å². The molecule has 0 aliphatic carbocycles. The maximum absolute atomic E-state index is 12.9. The molecule has 0 saturated carbocycles. The standard InChI is InChI=1S/C44H46Cl2N6O2/c1-27(2)35(21-41(53)47-23-33-9-5-7-11-37(33)45)43-49-25-39(51-43)31-17-13-29(14-18-31)30-15-19-32(20-16-30)40-26-50-44(52-40)36(28(3)4)22-42(54)48-24-34-10-6-8-12-38(34)46/h5-20,25-28,35-36H,21-24H2,1-4H3,(H,47,53)(H,48,54)(H,49,51)(H,50,52). The number of amides is 2. The summed E-state index contributed by atoms with van der Waals surface area (Å²) < 4.78 is 0. The lowest BCUT2D eigenvalue weighted by Crippen LogP contribution is -2.26. The van der Waals surface area contributed by atoms with Crippen LogP contribution in [0.15, 0.2) is 109 Å². The molecule has 10 heteroatoms. The van der Waals surface area contributed by atoms with E-state index in [2.05, 4.69) is 107 Å². The number of hydrogen-bond donors (Lipinski definition) is 4. The van der Waals surface area contributed by atoms with Gasteiger partial charge in [0, 0.05) is 47.8 Å². The largest absolute Gasteiger partial charge is 0.352 e. The number of carbonyl (C=O) groups excluding carboxylic acids is 2. The number of nitrogens with one attached hydrogen (secondary N) is 4. The Bertz CT molecular complexity index is 2020. The van der Waals surface area contributed by atoms with Gasteiger partial charge in [-0.2, -0.15) is 0 Å². The van der Waals surface area contributed by atoms with Gasteiger partial charge in [-0.05, 0) is 57.3 Å². The van der Waals surface area contributed by atoms with Crippen molar-refractivity contribution in [1.82, 2.24) is 30.6 Å². The third-order valence-electron chi connectivity index (χ3n) is 9.91. The van der Waals surface area contributed by atoms with E-state index >= 15 is 0 Å². The van der Waals surface area contributed by atoms with E-state index in [9.17, 15) is 9.59 Å². The van der Waals surface area contributed by atoms with E-state index in [1.165, 1.54) is 0 Å². The second kappa shape index (κ2) is 17.8. The Hall–Kier alpha value is -5.18. The molecule has 0 saturated heterocycles. The molecule has 0 spiro atoms. The summed E-state index contributed by atoms with van der Waals surface area (Å²) in [4.78, 5) is 42.1. The number of hydrogen-bond acceptors (Lipinski definition) is 4. The molecular formula is C44H46Cl2N6O2. The summed E-state index contributed by atoms with van der Waals surface area (Å²) in [7, 11) is 0. The van der Waals surface area contributed by atoms with E-state index in [4.69, 9.17) is 23.2 Å². The second-order valence-corrected chi connectivity index (χ2v) is 15.2. The predicted octanol–water partition coefficient (Wildman–Crippen LogP) is 10.3. The summed E-state index contributed by atoms with van der Waals surface area (Å²) >= 11 is 12.5. The van der Waals surface area contributed by atoms with Gasteiger partial charge in [0.2, 0.25) is 11.8 Å². The van der Waals surface area contributed by atoms with Crippen molar-refractivity contribution < 1.29 is 9.59 Å². The third-order valence-corrected chi connectivity index (χ3v) is 10.6. The molecule has 6 aromatic rings. The highest BCUT2D eigenvalue weighted by Gasteiger charge is 2.24. The van der Waals surface area contributed by atoms with Gasteiger partial charge in [-0.25, -0.2) is 9.97 Å². The van der Waals surface area contributed by atoms with Crippen LogP contribution >= 0.6 is 23.2 Å². The van der Waals surface area contributed by atoms with Crippen LogP contribution in [-0.2, 0) is 22.7 Å². The highest BCUT2D eigenvalue weighted by Crippen LogP contribution is 2.32. The van der Waals surface area contributed by atoms with Gasteiger partial charge < -0.3 is 20.6 Å². The molecule has 4 aromatic carbocycles. The predicted molar refractivity (Wildman–Crippen MR) is 218 cm³/mol. The number of nitrogens with zero attached hydrogens (tertiary/aromatic N) is 2. The SMILES string of the molecule is CC(C)C(CC(=O)NCc1ccccc1Cl)c1ncc(-c2ccc(-c3ccc(-c4cnc(C(CC(=O)NCc5ccccc5Cl)C(C)C)[nH]4)cc3)cc2)[nH]1. The van der Waals surface area contributed by atoms with Crippen molar-refractivity contribution in [1.29, 1.82) is 0 Å². The molecule has 0 aliphatic rings. The molecule has 0 fully saturated rings. The van der Waals surface area contributed by atoms with Crippen molar-refractivity contribution in [2.45, 2.75) is 65.5 Å². The first-order chi connectivity index (χ1) is 26.0. The van der Waals surface area contributed by atoms with Crippen molar-refractivity contribution in [3.63, 3.8) is 0 Å². The lowest BCUT2D eigenvalue weighted by Gasteiger charge is -2.18. The fourth-order valence-electron chi connectivity index (χ4n) is 6.54. The van der Waals surface area contributed by atoms with Gasteiger partial charge in [-0.15, -0.1) is 0 Å². The first-order valence-electron chi connectivity index (χ1n) is 18.4. The van der Waals surface area contributed by atoms with Crippen molar-refractivity contribution in [3.8, 4) is 33.6 Å². The summed E-state index contributed by atoms with van der Waals surface area (Å²) in [6.07, 6.45) is 4.33. The summed E-state index contributed by atoms with van der Waals surface area (Å²) in [6.45, 7) is 9.20. The van der Waals surface area contributed by atoms with Crippen molar-refractivity contribution in [2.24, 2.45) is 11.8 Å². The highest BCUT2D eigenvalue weighted by molar-refractivity contribution is 6.31. The zero-order valence-electron chi connectivity index (χ0n) is 31.0. The average Bonchev–Trinajstić information content (AvgIpc) is 3.87. The van der Waals surface area contributed by atoms with Gasteiger partial charge in [0.05, 0.1) is 23.8 Å². The molecule has 2 heterocycles. The van der Waals surface area contributed by atoms with E-state index in [1.54, 1.807) is 0 Å². The molecule has 278 valence electrons. The summed E-state index contributed by atoms with van der Waals surface area (Å²) in [5.41, 5.74) is 7.80. The number of aromatic nitrogens is 4. The molecule has 54 heavy (non-hydrogen) atoms. The van der Waals surface area contributed by atoms with Crippen molar-refractivity contribution >= 4 is 35.0 Å². The Labute approximate surface area is 327 Å². The van der Waals surface area contributed by atoms with Gasteiger partial charge in [0.15, 0.2) is 0 Å². The van der Waals surface area contributed by atoms with Gasteiger partial charge in [-0.3, -0.25) is 9.59 Å². The zero-order valence-corrected chi connectivity index (χ0v) is 32.5. The fraction of sp³-hybridized carbons (Fsp3) is 0.273. The Morgan fingerprint density at radius 3 is 1.26 bits per heavy atom. The van der Waals surface area contributed by atoms with Crippen LogP contribution in [0.5, 0.6) is 0 Å². The minimum atomic E-state index is -0.0607. The van der Waals surface area contributed by atoms with E-state index in [0.29, 0.717) is 36.0 Å². The van der Waals surface area contributed by atoms with Crippen LogP contribution in [0.25, 0.3) is 33.6 Å². The second-order valence-electron chi connectivity index (χ2n) is 14.4. The van der Waals surface area contributed by atoms with E-state index in [-0.39, 0.29) is 35.5 Å². The first kappa shape index (κ1) is 38.5. The molecule has 2 aromatic heterocycles. The normalized spacial score (nSPS) is 12.5. The molecular weight excluding hydrogens is 715 g/mol. The van der Waals surface area contributed by atoms with Crippen LogP contribution in [0.2, 0.25) is 10.0 Å². The summed E-state index contributed by atoms with van der Waals surface area (Å²) in [5, 5.41) is 7.29. The maximum atomic E-state index is 12.9. The highest BCUT2D eigenvalue weighted by atomic mass is 35.5. The maximum Gasteiger partial charge on any atom is 0.221 e. The molecule has 4 N–H and O–H groups in total. The zero-order chi connectivity index (χ0) is 38.2. The summed E-state index contributed by atoms with van der Waals surface area (Å²) in [6, 6.07) is 31.8. The van der Waals surface area contributed by atoms with Crippen LogP contribution < -0.4 is 10.6 Å². The first-order valence-corrected chi connectivity index (χ1v) is 19.1. The summed E-state index contributed by atoms with van der Waals surface area (Å²) in [5.74, 6) is 1.81. The Kier molecular flexibility index (Phi) is 12.7. The lowest BCUT2D eigenvalue weighted by molar-refractivity contribution is -0.122. The lowest BCUT2D eigenvalue weighted by atomic mass is 9.91. The van der Waals surface area contributed by atoms with Crippen LogP contribution in [0.3, 0.4) is 0 Å². The number of rotatable bonds is 15. The number of H-pyrrole nitrogens is 2. The number of aromatic amines is 2. The Morgan fingerprint density at radius 1 is 0.556 bits per heavy atom. The quantitative estimate of drug-likeness (QED) is 0.0834. The smallest absolute Gasteiger partial charge is 0.221 e. The molecule has 0 bridgehead atoms. The number of carbonyl (C=O) groups is 2. The van der Waals surface area contributed by atoms with Gasteiger partial charge >= 0.3 is 0 Å². The van der Waals surface area contributed by atoms with Crippen molar-refractivity contribution in [2.75, 3.05) is 0 Å². The molecule has 8 nitrogen and oxygen atoms in total.